The molecular weight excluding hydrogens is 391 g/mol. The number of ether oxygens (including phenoxy) is 1. The predicted octanol–water partition coefficient (Wildman–Crippen LogP) is 2.33. The van der Waals surface area contributed by atoms with E-state index in [0.29, 0.717) is 44.4 Å². The number of aliphatic imine (C=N–C) groups is 1. The van der Waals surface area contributed by atoms with Crippen molar-refractivity contribution in [3.63, 3.8) is 0 Å². The van der Waals surface area contributed by atoms with E-state index in [4.69, 9.17) is 10.5 Å². The summed E-state index contributed by atoms with van der Waals surface area (Å²) in [6.07, 6.45) is 0. The standard InChI is InChI=1S/C14H19F2N3O.HI/c1-10(12-3-2-11(15)8-13(12)16)9-18-14(17)19-4-6-20-7-5-19;/h2-3,8,10H,4-7,9H2,1H3,(H2,17,18);1H. The van der Waals surface area contributed by atoms with Crippen molar-refractivity contribution in [3.05, 3.63) is 35.4 Å². The number of hydrogen-bond donors (Lipinski definition) is 1. The second kappa shape index (κ2) is 8.47. The highest BCUT2D eigenvalue weighted by Crippen LogP contribution is 2.20. The minimum absolute atomic E-state index is 0. The quantitative estimate of drug-likeness (QED) is 0.472. The molecule has 1 saturated heterocycles. The van der Waals surface area contributed by atoms with Crippen LogP contribution in [0.25, 0.3) is 0 Å². The molecule has 2 rings (SSSR count). The van der Waals surface area contributed by atoms with Crippen LogP contribution < -0.4 is 5.73 Å². The first-order valence-electron chi connectivity index (χ1n) is 6.65. The maximum atomic E-state index is 13.6. The monoisotopic (exact) mass is 411 g/mol. The molecule has 0 amide bonds. The van der Waals surface area contributed by atoms with Gasteiger partial charge >= 0.3 is 0 Å². The van der Waals surface area contributed by atoms with Gasteiger partial charge in [0.1, 0.15) is 11.6 Å². The molecule has 7 heteroatoms. The Bertz CT molecular complexity index is 493. The van der Waals surface area contributed by atoms with E-state index < -0.39 is 11.6 Å². The molecule has 1 heterocycles. The predicted molar refractivity (Wildman–Crippen MR) is 89.1 cm³/mol. The number of morpholine rings is 1. The van der Waals surface area contributed by atoms with Crippen LogP contribution in [0.3, 0.4) is 0 Å². The van der Waals surface area contributed by atoms with Crippen LogP contribution in [0.15, 0.2) is 23.2 Å². The maximum Gasteiger partial charge on any atom is 0.191 e. The van der Waals surface area contributed by atoms with Crippen molar-refractivity contribution >= 4 is 29.9 Å². The van der Waals surface area contributed by atoms with Gasteiger partial charge in [-0.15, -0.1) is 24.0 Å². The third kappa shape index (κ3) is 5.06. The minimum atomic E-state index is -0.574. The number of nitrogens with two attached hydrogens (primary N) is 1. The third-order valence-corrected chi connectivity index (χ3v) is 3.36. The largest absolute Gasteiger partial charge is 0.378 e. The lowest BCUT2D eigenvalue weighted by atomic mass is 10.0. The molecule has 21 heavy (non-hydrogen) atoms. The number of hydrogen-bond acceptors (Lipinski definition) is 2. The molecule has 0 aromatic heterocycles. The first-order chi connectivity index (χ1) is 9.58. The lowest BCUT2D eigenvalue weighted by Gasteiger charge is -2.27. The lowest BCUT2D eigenvalue weighted by Crippen LogP contribution is -2.45. The average molecular weight is 411 g/mol. The fourth-order valence-corrected chi connectivity index (χ4v) is 2.12. The zero-order valence-corrected chi connectivity index (χ0v) is 14.2. The Kier molecular flexibility index (Phi) is 7.30. The summed E-state index contributed by atoms with van der Waals surface area (Å²) in [5, 5.41) is 0. The Morgan fingerprint density at radius 3 is 2.67 bits per heavy atom. The van der Waals surface area contributed by atoms with Crippen LogP contribution in [0, 0.1) is 11.6 Å². The Labute approximate surface area is 140 Å². The Morgan fingerprint density at radius 1 is 1.38 bits per heavy atom. The van der Waals surface area contributed by atoms with Crippen molar-refractivity contribution in [1.29, 1.82) is 0 Å². The van der Waals surface area contributed by atoms with Crippen LogP contribution >= 0.6 is 24.0 Å². The highest BCUT2D eigenvalue weighted by Gasteiger charge is 2.14. The summed E-state index contributed by atoms with van der Waals surface area (Å²) in [5.41, 5.74) is 6.35. The fraction of sp³-hybridized carbons (Fsp3) is 0.500. The fourth-order valence-electron chi connectivity index (χ4n) is 2.12. The summed E-state index contributed by atoms with van der Waals surface area (Å²) < 4.78 is 31.7. The van der Waals surface area contributed by atoms with Gasteiger partial charge in [0.15, 0.2) is 5.96 Å². The smallest absolute Gasteiger partial charge is 0.191 e. The van der Waals surface area contributed by atoms with Crippen molar-refractivity contribution in [3.8, 4) is 0 Å². The molecule has 1 atom stereocenters. The number of halogens is 3. The van der Waals surface area contributed by atoms with Gasteiger partial charge in [-0.25, -0.2) is 8.78 Å². The molecule has 1 aromatic carbocycles. The molecule has 1 aliphatic rings. The Balaban J connectivity index is 0.00000220. The number of nitrogens with zero attached hydrogens (tertiary/aromatic N) is 2. The first kappa shape index (κ1) is 18.1. The number of guanidine groups is 1. The zero-order valence-electron chi connectivity index (χ0n) is 11.9. The minimum Gasteiger partial charge on any atom is -0.378 e. The van der Waals surface area contributed by atoms with Gasteiger partial charge in [-0.2, -0.15) is 0 Å². The van der Waals surface area contributed by atoms with Gasteiger partial charge in [0.2, 0.25) is 0 Å². The molecule has 1 aliphatic heterocycles. The molecule has 1 aromatic rings. The van der Waals surface area contributed by atoms with Gasteiger partial charge in [0.25, 0.3) is 0 Å². The van der Waals surface area contributed by atoms with Crippen LogP contribution in [-0.4, -0.2) is 43.7 Å². The summed E-state index contributed by atoms with van der Waals surface area (Å²) in [7, 11) is 0. The molecule has 4 nitrogen and oxygen atoms in total. The SMILES string of the molecule is CC(CN=C(N)N1CCOCC1)c1ccc(F)cc1F.I. The molecule has 1 unspecified atom stereocenters. The van der Waals surface area contributed by atoms with Gasteiger partial charge in [-0.3, -0.25) is 4.99 Å². The van der Waals surface area contributed by atoms with Crippen LogP contribution in [-0.2, 0) is 4.74 Å². The van der Waals surface area contributed by atoms with Crippen LogP contribution in [0.2, 0.25) is 0 Å². The molecule has 2 N–H and O–H groups in total. The van der Waals surface area contributed by atoms with Crippen molar-refractivity contribution < 1.29 is 13.5 Å². The maximum absolute atomic E-state index is 13.6. The summed E-state index contributed by atoms with van der Waals surface area (Å²) in [6.45, 7) is 4.91. The van der Waals surface area contributed by atoms with E-state index in [1.165, 1.54) is 12.1 Å². The van der Waals surface area contributed by atoms with E-state index in [1.807, 2.05) is 11.8 Å². The average Bonchev–Trinajstić information content (AvgIpc) is 2.45. The van der Waals surface area contributed by atoms with Gasteiger partial charge in [-0.05, 0) is 11.6 Å². The van der Waals surface area contributed by atoms with E-state index in [0.717, 1.165) is 6.07 Å². The molecular formula is C14H20F2IN3O. The second-order valence-electron chi connectivity index (χ2n) is 4.87. The van der Waals surface area contributed by atoms with E-state index in [9.17, 15) is 8.78 Å². The summed E-state index contributed by atoms with van der Waals surface area (Å²) in [5.74, 6) is -0.828. The summed E-state index contributed by atoms with van der Waals surface area (Å²) in [6, 6.07) is 3.60. The summed E-state index contributed by atoms with van der Waals surface area (Å²) in [4.78, 5) is 6.23. The molecule has 0 radical (unpaired) electrons. The van der Waals surface area contributed by atoms with E-state index in [1.54, 1.807) is 0 Å². The van der Waals surface area contributed by atoms with Crippen molar-refractivity contribution in [2.75, 3.05) is 32.8 Å². The molecule has 0 saturated carbocycles. The molecule has 0 aliphatic carbocycles. The zero-order chi connectivity index (χ0) is 14.5. The van der Waals surface area contributed by atoms with Crippen molar-refractivity contribution in [2.45, 2.75) is 12.8 Å². The van der Waals surface area contributed by atoms with Crippen molar-refractivity contribution in [1.82, 2.24) is 4.90 Å². The van der Waals surface area contributed by atoms with Crippen LogP contribution in [0.5, 0.6) is 0 Å². The highest BCUT2D eigenvalue weighted by atomic mass is 127. The van der Waals surface area contributed by atoms with Gasteiger partial charge in [0.05, 0.1) is 13.2 Å². The van der Waals surface area contributed by atoms with Gasteiger partial charge in [0, 0.05) is 31.6 Å². The van der Waals surface area contributed by atoms with Crippen molar-refractivity contribution in [2.24, 2.45) is 10.7 Å². The molecule has 0 spiro atoms. The Hall–Kier alpha value is -0.960. The van der Waals surface area contributed by atoms with E-state index in [2.05, 4.69) is 4.99 Å². The number of rotatable bonds is 3. The molecule has 1 fully saturated rings. The van der Waals surface area contributed by atoms with E-state index >= 15 is 0 Å². The van der Waals surface area contributed by atoms with Crippen LogP contribution in [0.4, 0.5) is 8.78 Å². The second-order valence-corrected chi connectivity index (χ2v) is 4.87. The normalized spacial score (nSPS) is 17.3. The highest BCUT2D eigenvalue weighted by molar-refractivity contribution is 14.0. The van der Waals surface area contributed by atoms with E-state index in [-0.39, 0.29) is 29.9 Å². The topological polar surface area (TPSA) is 50.8 Å². The van der Waals surface area contributed by atoms with Crippen LogP contribution in [0.1, 0.15) is 18.4 Å². The third-order valence-electron chi connectivity index (χ3n) is 3.36. The van der Waals surface area contributed by atoms with Gasteiger partial charge < -0.3 is 15.4 Å². The lowest BCUT2D eigenvalue weighted by molar-refractivity contribution is 0.0674. The first-order valence-corrected chi connectivity index (χ1v) is 6.65. The van der Waals surface area contributed by atoms with Gasteiger partial charge in [-0.1, -0.05) is 13.0 Å². The molecule has 118 valence electrons. The Morgan fingerprint density at radius 2 is 2.05 bits per heavy atom. The number of benzene rings is 1. The summed E-state index contributed by atoms with van der Waals surface area (Å²) >= 11 is 0. The molecule has 0 bridgehead atoms.